The normalized spacial score (nSPS) is 19.3. The largest absolute Gasteiger partial charge is 0.410 e. The third-order valence-electron chi connectivity index (χ3n) is 2.77. The molecule has 0 radical (unpaired) electrons. The van der Waals surface area contributed by atoms with Crippen molar-refractivity contribution < 1.29 is 5.21 Å². The molecule has 0 fully saturated rings. The number of nitriles is 1. The number of hydrogen-bond acceptors (Lipinski definition) is 3. The van der Waals surface area contributed by atoms with Crippen LogP contribution in [0.15, 0.2) is 64.9 Å². The second-order valence-electron chi connectivity index (χ2n) is 3.95. The van der Waals surface area contributed by atoms with Crippen molar-refractivity contribution >= 4 is 11.3 Å². The highest BCUT2D eigenvalue weighted by molar-refractivity contribution is 6.07. The van der Waals surface area contributed by atoms with E-state index in [0.717, 1.165) is 16.7 Å². The van der Waals surface area contributed by atoms with Gasteiger partial charge in [-0.25, -0.2) is 0 Å². The van der Waals surface area contributed by atoms with Crippen LogP contribution < -0.4 is 0 Å². The minimum atomic E-state index is 0.488. The average molecular weight is 236 g/mol. The van der Waals surface area contributed by atoms with Crippen LogP contribution in [0, 0.1) is 11.3 Å². The first-order chi connectivity index (χ1) is 8.76. The molecule has 1 N–H and O–H groups in total. The lowest BCUT2D eigenvalue weighted by molar-refractivity contribution is 0.320. The van der Waals surface area contributed by atoms with Gasteiger partial charge >= 0.3 is 0 Å². The standard InChI is InChI=1S/C15H12N2O/c1-11-9-13(17-18)7-8-14(11)15(10-16)12-5-3-2-4-6-12/h2-9,18H,1H3/b15-14+,17-13+. The Bertz CT molecular complexity index is 614. The Kier molecular flexibility index (Phi) is 3.40. The molecule has 0 spiro atoms. The molecule has 3 heteroatoms. The predicted molar refractivity (Wildman–Crippen MR) is 71.1 cm³/mol. The summed E-state index contributed by atoms with van der Waals surface area (Å²) in [5, 5.41) is 21.2. The van der Waals surface area contributed by atoms with E-state index in [0.29, 0.717) is 11.3 Å². The predicted octanol–water partition coefficient (Wildman–Crippen LogP) is 3.31. The number of rotatable bonds is 1. The van der Waals surface area contributed by atoms with Crippen molar-refractivity contribution in [2.45, 2.75) is 6.92 Å². The molecule has 88 valence electrons. The van der Waals surface area contributed by atoms with Crippen LogP contribution in [0.25, 0.3) is 5.57 Å². The Labute approximate surface area is 106 Å². The maximum Gasteiger partial charge on any atom is 0.102 e. The molecule has 0 heterocycles. The number of allylic oxidation sites excluding steroid dienone is 6. The molecular weight excluding hydrogens is 224 g/mol. The van der Waals surface area contributed by atoms with Gasteiger partial charge in [-0.3, -0.25) is 0 Å². The van der Waals surface area contributed by atoms with Gasteiger partial charge in [0.15, 0.2) is 0 Å². The van der Waals surface area contributed by atoms with Gasteiger partial charge in [0, 0.05) is 0 Å². The summed E-state index contributed by atoms with van der Waals surface area (Å²) in [5.74, 6) is 0. The van der Waals surface area contributed by atoms with E-state index in [9.17, 15) is 5.26 Å². The van der Waals surface area contributed by atoms with E-state index in [4.69, 9.17) is 5.21 Å². The second kappa shape index (κ2) is 5.15. The van der Waals surface area contributed by atoms with E-state index in [-0.39, 0.29) is 0 Å². The first kappa shape index (κ1) is 11.9. The van der Waals surface area contributed by atoms with Gasteiger partial charge < -0.3 is 5.21 Å². The van der Waals surface area contributed by atoms with E-state index >= 15 is 0 Å². The van der Waals surface area contributed by atoms with E-state index in [1.165, 1.54) is 0 Å². The van der Waals surface area contributed by atoms with Crippen molar-refractivity contribution in [2.24, 2.45) is 5.16 Å². The average Bonchev–Trinajstić information content (AvgIpc) is 2.42. The Morgan fingerprint density at radius 3 is 2.50 bits per heavy atom. The Morgan fingerprint density at radius 1 is 1.22 bits per heavy atom. The maximum absolute atomic E-state index is 9.32. The molecule has 1 aromatic rings. The zero-order valence-corrected chi connectivity index (χ0v) is 9.96. The van der Waals surface area contributed by atoms with Gasteiger partial charge in [0.2, 0.25) is 0 Å². The van der Waals surface area contributed by atoms with E-state index < -0.39 is 0 Å². The Hall–Kier alpha value is -2.60. The topological polar surface area (TPSA) is 56.4 Å². The fraction of sp³-hybridized carbons (Fsp3) is 0.0667. The summed E-state index contributed by atoms with van der Waals surface area (Å²) in [6, 6.07) is 11.8. The lowest BCUT2D eigenvalue weighted by Crippen LogP contribution is -2.00. The van der Waals surface area contributed by atoms with Crippen molar-refractivity contribution in [3.63, 3.8) is 0 Å². The summed E-state index contributed by atoms with van der Waals surface area (Å²) in [5.41, 5.74) is 3.76. The highest BCUT2D eigenvalue weighted by Crippen LogP contribution is 2.26. The van der Waals surface area contributed by atoms with Crippen LogP contribution in [-0.4, -0.2) is 10.9 Å². The molecule has 3 nitrogen and oxygen atoms in total. The molecule has 0 saturated heterocycles. The van der Waals surface area contributed by atoms with Crippen molar-refractivity contribution in [1.82, 2.24) is 0 Å². The third-order valence-corrected chi connectivity index (χ3v) is 2.77. The first-order valence-electron chi connectivity index (χ1n) is 5.55. The molecule has 1 aromatic carbocycles. The summed E-state index contributed by atoms with van der Waals surface area (Å²) >= 11 is 0. The Balaban J connectivity index is 2.55. The molecular formula is C15H12N2O. The van der Waals surface area contributed by atoms with Crippen molar-refractivity contribution in [2.75, 3.05) is 0 Å². The molecule has 2 rings (SSSR count). The number of oxime groups is 1. The highest BCUT2D eigenvalue weighted by atomic mass is 16.4. The molecule has 0 aliphatic heterocycles. The van der Waals surface area contributed by atoms with Crippen molar-refractivity contribution in [1.29, 1.82) is 5.26 Å². The fourth-order valence-electron chi connectivity index (χ4n) is 1.88. The molecule has 0 unspecified atom stereocenters. The molecule has 18 heavy (non-hydrogen) atoms. The summed E-state index contributed by atoms with van der Waals surface area (Å²) in [6.45, 7) is 1.89. The minimum absolute atomic E-state index is 0.488. The summed E-state index contributed by atoms with van der Waals surface area (Å²) in [4.78, 5) is 0. The van der Waals surface area contributed by atoms with Gasteiger partial charge in [0.1, 0.15) is 11.8 Å². The lowest BCUT2D eigenvalue weighted by Gasteiger charge is -2.11. The van der Waals surface area contributed by atoms with Gasteiger partial charge in [-0.05, 0) is 35.8 Å². The van der Waals surface area contributed by atoms with Crippen LogP contribution in [-0.2, 0) is 0 Å². The molecule has 1 aliphatic carbocycles. The molecule has 0 atom stereocenters. The second-order valence-corrected chi connectivity index (χ2v) is 3.95. The number of nitrogens with zero attached hydrogens (tertiary/aromatic N) is 2. The van der Waals surface area contributed by atoms with Crippen LogP contribution in [0.1, 0.15) is 12.5 Å². The highest BCUT2D eigenvalue weighted by Gasteiger charge is 2.12. The molecule has 0 aromatic heterocycles. The smallest absolute Gasteiger partial charge is 0.102 e. The van der Waals surface area contributed by atoms with Crippen molar-refractivity contribution in [3.05, 3.63) is 65.3 Å². The maximum atomic E-state index is 9.32. The molecule has 0 saturated carbocycles. The molecule has 1 aliphatic rings. The summed E-state index contributed by atoms with van der Waals surface area (Å²) in [6.07, 6.45) is 5.23. The van der Waals surface area contributed by atoms with E-state index in [1.54, 1.807) is 18.2 Å². The van der Waals surface area contributed by atoms with Crippen LogP contribution in [0.3, 0.4) is 0 Å². The fourth-order valence-corrected chi connectivity index (χ4v) is 1.88. The van der Waals surface area contributed by atoms with E-state index in [2.05, 4.69) is 11.2 Å². The SMILES string of the molecule is CC1=CC(=N/O)/C=CC/1=C(/C#N)c1ccccc1. The first-order valence-corrected chi connectivity index (χ1v) is 5.55. The lowest BCUT2D eigenvalue weighted by atomic mass is 9.92. The zero-order chi connectivity index (χ0) is 13.0. The van der Waals surface area contributed by atoms with E-state index in [1.807, 2.05) is 37.3 Å². The quantitative estimate of drug-likeness (QED) is 0.462. The van der Waals surface area contributed by atoms with Gasteiger partial charge in [0.25, 0.3) is 0 Å². The van der Waals surface area contributed by atoms with Crippen LogP contribution in [0.4, 0.5) is 0 Å². The van der Waals surface area contributed by atoms with Crippen LogP contribution in [0.2, 0.25) is 0 Å². The zero-order valence-electron chi connectivity index (χ0n) is 9.96. The molecule has 0 amide bonds. The third kappa shape index (κ3) is 2.23. The van der Waals surface area contributed by atoms with Gasteiger partial charge in [-0.1, -0.05) is 41.6 Å². The van der Waals surface area contributed by atoms with Crippen LogP contribution in [0.5, 0.6) is 0 Å². The number of hydrogen-bond donors (Lipinski definition) is 1. The van der Waals surface area contributed by atoms with Crippen molar-refractivity contribution in [3.8, 4) is 6.07 Å². The monoisotopic (exact) mass is 236 g/mol. The summed E-state index contributed by atoms with van der Waals surface area (Å²) < 4.78 is 0. The van der Waals surface area contributed by atoms with Gasteiger partial charge in [0.05, 0.1) is 5.57 Å². The minimum Gasteiger partial charge on any atom is -0.410 e. The number of benzene rings is 1. The summed E-state index contributed by atoms with van der Waals surface area (Å²) in [7, 11) is 0. The molecule has 0 bridgehead atoms. The van der Waals surface area contributed by atoms with Crippen LogP contribution >= 0.6 is 0 Å². The van der Waals surface area contributed by atoms with Gasteiger partial charge in [-0.2, -0.15) is 5.26 Å². The van der Waals surface area contributed by atoms with Gasteiger partial charge in [-0.15, -0.1) is 0 Å². The Morgan fingerprint density at radius 2 is 1.94 bits per heavy atom.